The number of rotatable bonds is 10. The summed E-state index contributed by atoms with van der Waals surface area (Å²) in [5.41, 5.74) is 21.5. The molecule has 0 radical (unpaired) electrons. The van der Waals surface area contributed by atoms with Crippen LogP contribution in [0.15, 0.2) is 261 Å². The Bertz CT molecular complexity index is 3270. The summed E-state index contributed by atoms with van der Waals surface area (Å²) in [5, 5.41) is 0. The highest BCUT2D eigenvalue weighted by Crippen LogP contribution is 2.51. The molecule has 0 aliphatic heterocycles. The smallest absolute Gasteiger partial charge is 0.0468 e. The predicted molar refractivity (Wildman–Crippen MR) is 280 cm³/mol. The molecule has 2 aliphatic carbocycles. The molecule has 11 rings (SSSR count). The van der Waals surface area contributed by atoms with Gasteiger partial charge < -0.3 is 9.80 Å². The molecule has 0 N–H and O–H groups in total. The van der Waals surface area contributed by atoms with Gasteiger partial charge in [0.25, 0.3) is 0 Å². The lowest BCUT2D eigenvalue weighted by Crippen LogP contribution is -2.15. The topological polar surface area (TPSA) is 6.48 Å². The molecule has 0 heterocycles. The molecule has 9 aromatic carbocycles. The van der Waals surface area contributed by atoms with Gasteiger partial charge in [-0.05, 0) is 140 Å². The summed E-state index contributed by atoms with van der Waals surface area (Å²) in [6.07, 6.45) is 10.00. The quantitative estimate of drug-likeness (QED) is 0.135. The fraction of sp³-hybridized carbons (Fsp3) is 0.0625. The number of hydrogen-bond acceptors (Lipinski definition) is 2. The van der Waals surface area contributed by atoms with E-state index in [-0.39, 0.29) is 5.41 Å². The van der Waals surface area contributed by atoms with Crippen molar-refractivity contribution in [3.05, 3.63) is 277 Å². The first-order valence-corrected chi connectivity index (χ1v) is 23.0. The summed E-state index contributed by atoms with van der Waals surface area (Å²) in [6.45, 7) is 4.69. The molecular weight excluding hydrogens is 797 g/mol. The van der Waals surface area contributed by atoms with Crippen LogP contribution in [0.25, 0.3) is 50.1 Å². The van der Waals surface area contributed by atoms with Crippen LogP contribution in [0.4, 0.5) is 28.4 Å². The maximum absolute atomic E-state index is 2.41. The third-order valence-corrected chi connectivity index (χ3v) is 13.3. The molecule has 316 valence electrons. The lowest BCUT2D eigenvalue weighted by atomic mass is 9.82. The third kappa shape index (κ3) is 7.78. The van der Waals surface area contributed by atoms with Crippen molar-refractivity contribution in [1.29, 1.82) is 0 Å². The fourth-order valence-corrected chi connectivity index (χ4v) is 9.89. The normalized spacial score (nSPS) is 13.5. The lowest BCUT2D eigenvalue weighted by molar-refractivity contribution is 0.660. The first-order chi connectivity index (χ1) is 32.5. The van der Waals surface area contributed by atoms with Crippen molar-refractivity contribution in [2.24, 2.45) is 0 Å². The average Bonchev–Trinajstić information content (AvgIpc) is 3.49. The molecule has 0 saturated heterocycles. The second kappa shape index (κ2) is 17.4. The van der Waals surface area contributed by atoms with Crippen LogP contribution < -0.4 is 9.80 Å². The summed E-state index contributed by atoms with van der Waals surface area (Å²) < 4.78 is 0. The monoisotopic (exact) mass is 846 g/mol. The van der Waals surface area contributed by atoms with Crippen molar-refractivity contribution < 1.29 is 0 Å². The van der Waals surface area contributed by atoms with Gasteiger partial charge in [0.15, 0.2) is 0 Å². The van der Waals surface area contributed by atoms with Gasteiger partial charge in [0, 0.05) is 39.5 Å². The van der Waals surface area contributed by atoms with E-state index in [1.807, 2.05) is 0 Å². The van der Waals surface area contributed by atoms with E-state index < -0.39 is 0 Å². The lowest BCUT2D eigenvalue weighted by Gasteiger charge is -2.28. The Labute approximate surface area is 389 Å². The maximum Gasteiger partial charge on any atom is 0.0468 e. The molecule has 0 aromatic heterocycles. The van der Waals surface area contributed by atoms with Crippen LogP contribution in [-0.4, -0.2) is 0 Å². The largest absolute Gasteiger partial charge is 0.311 e. The van der Waals surface area contributed by atoms with Crippen LogP contribution in [0.1, 0.15) is 37.0 Å². The van der Waals surface area contributed by atoms with Gasteiger partial charge in [0.05, 0.1) is 0 Å². The minimum absolute atomic E-state index is 0.0708. The molecule has 0 fully saturated rings. The number of allylic oxidation sites excluding steroid dienone is 5. The Hall–Kier alpha value is -8.20. The number of nitrogens with zero attached hydrogens (tertiary/aromatic N) is 2. The van der Waals surface area contributed by atoms with E-state index >= 15 is 0 Å². The maximum atomic E-state index is 2.41. The molecular formula is C64H50N2. The number of anilines is 5. The van der Waals surface area contributed by atoms with Crippen molar-refractivity contribution in [2.75, 3.05) is 9.80 Å². The van der Waals surface area contributed by atoms with E-state index in [0.717, 1.165) is 51.7 Å². The molecule has 2 aliphatic rings. The fourth-order valence-electron chi connectivity index (χ4n) is 9.89. The molecule has 66 heavy (non-hydrogen) atoms. The van der Waals surface area contributed by atoms with E-state index in [4.69, 9.17) is 0 Å². The van der Waals surface area contributed by atoms with Crippen LogP contribution in [0, 0.1) is 0 Å². The third-order valence-electron chi connectivity index (χ3n) is 13.3. The molecule has 0 spiro atoms. The van der Waals surface area contributed by atoms with Gasteiger partial charge in [-0.1, -0.05) is 202 Å². The van der Waals surface area contributed by atoms with Gasteiger partial charge in [-0.2, -0.15) is 0 Å². The molecule has 0 atom stereocenters. The van der Waals surface area contributed by atoms with Crippen LogP contribution in [0.3, 0.4) is 0 Å². The summed E-state index contributed by atoms with van der Waals surface area (Å²) in [5.74, 6) is 0. The highest BCUT2D eigenvalue weighted by molar-refractivity contribution is 5.88. The van der Waals surface area contributed by atoms with Gasteiger partial charge in [0.2, 0.25) is 0 Å². The number of fused-ring (bicyclic) bond motifs is 3. The van der Waals surface area contributed by atoms with Crippen molar-refractivity contribution in [3.8, 4) is 44.5 Å². The number of hydrogen-bond donors (Lipinski definition) is 0. The zero-order valence-corrected chi connectivity index (χ0v) is 37.4. The molecule has 0 saturated carbocycles. The van der Waals surface area contributed by atoms with E-state index in [1.165, 1.54) is 55.6 Å². The van der Waals surface area contributed by atoms with Gasteiger partial charge in [-0.25, -0.2) is 0 Å². The SMILES string of the molecule is CC1(C)c2ccccc2-c2cc(N(c3ccc(-c4ccccc4)cc3)c3cccc(-c4cccc(N(C5=CCC=C(c6ccccc6)C=C5)c5ccc(-c6ccccc6)cc5)c4)c3)ccc21. The van der Waals surface area contributed by atoms with E-state index in [2.05, 4.69) is 278 Å². The van der Waals surface area contributed by atoms with E-state index in [0.29, 0.717) is 0 Å². The minimum Gasteiger partial charge on any atom is -0.311 e. The summed E-state index contributed by atoms with van der Waals surface area (Å²) >= 11 is 0. The van der Waals surface area contributed by atoms with E-state index in [1.54, 1.807) is 0 Å². The second-order valence-electron chi connectivity index (χ2n) is 17.7. The Morgan fingerprint density at radius 1 is 0.318 bits per heavy atom. The van der Waals surface area contributed by atoms with Crippen LogP contribution >= 0.6 is 0 Å². The molecule has 0 amide bonds. The predicted octanol–water partition coefficient (Wildman–Crippen LogP) is 17.5. The first-order valence-electron chi connectivity index (χ1n) is 23.0. The Balaban J connectivity index is 0.995. The summed E-state index contributed by atoms with van der Waals surface area (Å²) in [7, 11) is 0. The standard InChI is InChI=1S/C64H50N2/c1-64(2)62-30-13-12-29-60(62)61-45-59(41-42-63(61)64)66(56-39-34-51(35-40-56)48-21-10-5-11-22-48)58-28-16-25-53(44-58)52-24-15-27-57(43-52)65(55-37-32-50(33-38-55)47-19-8-4-9-20-47)54-26-14-23-49(31-36-54)46-17-6-3-7-18-46/h3-13,15-45H,14H2,1-2H3. The van der Waals surface area contributed by atoms with Crippen molar-refractivity contribution in [2.45, 2.75) is 25.7 Å². The highest BCUT2D eigenvalue weighted by atomic mass is 15.2. The van der Waals surface area contributed by atoms with Crippen LogP contribution in [-0.2, 0) is 5.41 Å². The van der Waals surface area contributed by atoms with E-state index in [9.17, 15) is 0 Å². The molecule has 0 bridgehead atoms. The first kappa shape index (κ1) is 40.6. The molecule has 9 aromatic rings. The molecule has 0 unspecified atom stereocenters. The van der Waals surface area contributed by atoms with Gasteiger partial charge in [-0.3, -0.25) is 0 Å². The van der Waals surface area contributed by atoms with Crippen molar-refractivity contribution in [1.82, 2.24) is 0 Å². The van der Waals surface area contributed by atoms with Crippen LogP contribution in [0.2, 0.25) is 0 Å². The highest BCUT2D eigenvalue weighted by Gasteiger charge is 2.35. The zero-order chi connectivity index (χ0) is 44.5. The Kier molecular flexibility index (Phi) is 10.7. The molecule has 2 heteroatoms. The van der Waals surface area contributed by atoms with Crippen molar-refractivity contribution >= 4 is 34.0 Å². The summed E-state index contributed by atoms with van der Waals surface area (Å²) in [4.78, 5) is 4.81. The average molecular weight is 847 g/mol. The van der Waals surface area contributed by atoms with Gasteiger partial charge in [0.1, 0.15) is 0 Å². The van der Waals surface area contributed by atoms with Crippen molar-refractivity contribution in [3.63, 3.8) is 0 Å². The van der Waals surface area contributed by atoms with Gasteiger partial charge in [-0.15, -0.1) is 0 Å². The van der Waals surface area contributed by atoms with Gasteiger partial charge >= 0.3 is 0 Å². The zero-order valence-electron chi connectivity index (χ0n) is 37.4. The Morgan fingerprint density at radius 3 is 1.38 bits per heavy atom. The minimum atomic E-state index is -0.0708. The number of benzene rings is 9. The Morgan fingerprint density at radius 2 is 0.773 bits per heavy atom. The summed E-state index contributed by atoms with van der Waals surface area (Å²) in [6, 6.07) is 83.8. The molecule has 2 nitrogen and oxygen atoms in total. The second-order valence-corrected chi connectivity index (χ2v) is 17.7. The van der Waals surface area contributed by atoms with Crippen LogP contribution in [0.5, 0.6) is 0 Å².